The molecule has 3 aromatic rings. The molecule has 6 nitrogen and oxygen atoms in total. The first kappa shape index (κ1) is 24.0. The van der Waals surface area contributed by atoms with Crippen molar-refractivity contribution in [2.45, 2.75) is 32.4 Å². The summed E-state index contributed by atoms with van der Waals surface area (Å²) in [6.07, 6.45) is 0.306. The lowest BCUT2D eigenvalue weighted by atomic mass is 10.1. The zero-order valence-electron chi connectivity index (χ0n) is 19.4. The van der Waals surface area contributed by atoms with Gasteiger partial charge in [-0.25, -0.2) is 4.39 Å². The van der Waals surface area contributed by atoms with Gasteiger partial charge < -0.3 is 9.64 Å². The van der Waals surface area contributed by atoms with Gasteiger partial charge in [-0.15, -0.1) is 10.2 Å². The molecule has 33 heavy (non-hydrogen) atoms. The average molecular weight is 492 g/mol. The second kappa shape index (κ2) is 9.58. The third-order valence-electron chi connectivity index (χ3n) is 6.14. The fourth-order valence-electron chi connectivity index (χ4n) is 4.37. The Morgan fingerprint density at radius 1 is 1.06 bits per heavy atom. The smallest absolute Gasteiger partial charge is 0.167 e. The van der Waals surface area contributed by atoms with Gasteiger partial charge in [-0.2, -0.15) is 0 Å². The Kier molecular flexibility index (Phi) is 6.96. The molecule has 0 spiro atoms. The summed E-state index contributed by atoms with van der Waals surface area (Å²) in [5.41, 5.74) is 2.56. The molecule has 0 saturated carbocycles. The molecule has 176 valence electrons. The topological polar surface area (TPSA) is 46.4 Å². The third-order valence-corrected chi connectivity index (χ3v) is 6.70. The fraction of sp³-hybridized carbons (Fsp3) is 0.417. The van der Waals surface area contributed by atoms with E-state index in [0.717, 1.165) is 24.2 Å². The summed E-state index contributed by atoms with van der Waals surface area (Å²) in [6, 6.07) is 8.55. The molecule has 1 heterocycles. The Balaban J connectivity index is 1.66. The van der Waals surface area contributed by atoms with Crippen molar-refractivity contribution in [3.8, 4) is 11.4 Å². The van der Waals surface area contributed by atoms with E-state index in [9.17, 15) is 0 Å². The largest absolute Gasteiger partial charge is 0.481 e. The van der Waals surface area contributed by atoms with E-state index in [1.807, 2.05) is 40.1 Å². The number of rotatable bonds is 7. The Morgan fingerprint density at radius 3 is 2.39 bits per heavy atom. The van der Waals surface area contributed by atoms with E-state index in [1.165, 1.54) is 6.07 Å². The molecule has 2 atom stereocenters. The SMILES string of the molecule is Cc1nnc(C)n1-c1ccc(OC2c3cc(Cl)cc(Cl)c3CC2N(C)CCN(C)C)c(F)c1. The first-order chi connectivity index (χ1) is 15.7. The molecule has 0 bridgehead atoms. The van der Waals surface area contributed by atoms with Crippen LogP contribution in [0.15, 0.2) is 30.3 Å². The Bertz CT molecular complexity index is 1150. The van der Waals surface area contributed by atoms with Gasteiger partial charge in [0.2, 0.25) is 0 Å². The maximum Gasteiger partial charge on any atom is 0.167 e. The summed E-state index contributed by atoms with van der Waals surface area (Å²) in [5, 5.41) is 9.26. The molecule has 0 fully saturated rings. The molecule has 0 saturated heterocycles. The van der Waals surface area contributed by atoms with Gasteiger partial charge in [0.1, 0.15) is 17.8 Å². The summed E-state index contributed by atoms with van der Waals surface area (Å²) >= 11 is 12.8. The lowest BCUT2D eigenvalue weighted by Gasteiger charge is -2.31. The van der Waals surface area contributed by atoms with Crippen LogP contribution >= 0.6 is 23.2 Å². The highest BCUT2D eigenvalue weighted by Crippen LogP contribution is 2.42. The van der Waals surface area contributed by atoms with Gasteiger partial charge in [0.25, 0.3) is 0 Å². The Labute approximate surface area is 203 Å². The Morgan fingerprint density at radius 2 is 1.76 bits per heavy atom. The monoisotopic (exact) mass is 491 g/mol. The highest BCUT2D eigenvalue weighted by molar-refractivity contribution is 6.35. The quantitative estimate of drug-likeness (QED) is 0.471. The number of halogens is 3. The van der Waals surface area contributed by atoms with Crippen molar-refractivity contribution in [2.24, 2.45) is 0 Å². The van der Waals surface area contributed by atoms with Gasteiger partial charge in [0.05, 0.1) is 11.7 Å². The van der Waals surface area contributed by atoms with Gasteiger partial charge in [-0.1, -0.05) is 23.2 Å². The highest BCUT2D eigenvalue weighted by atomic mass is 35.5. The van der Waals surface area contributed by atoms with E-state index in [4.69, 9.17) is 27.9 Å². The number of fused-ring (bicyclic) bond motifs is 1. The summed E-state index contributed by atoms with van der Waals surface area (Å²) in [4.78, 5) is 4.37. The third kappa shape index (κ3) is 4.87. The number of hydrogen-bond acceptors (Lipinski definition) is 5. The van der Waals surface area contributed by atoms with Gasteiger partial charge in [-0.3, -0.25) is 9.47 Å². The second-order valence-corrected chi connectivity index (χ2v) is 9.64. The van der Waals surface area contributed by atoms with Crippen LogP contribution in [0.1, 0.15) is 28.9 Å². The van der Waals surface area contributed by atoms with Crippen molar-refractivity contribution in [1.29, 1.82) is 0 Å². The van der Waals surface area contributed by atoms with Crippen molar-refractivity contribution in [3.05, 3.63) is 69.0 Å². The normalized spacial score (nSPS) is 17.8. The van der Waals surface area contributed by atoms with Crippen LogP contribution in [0.25, 0.3) is 5.69 Å². The summed E-state index contributed by atoms with van der Waals surface area (Å²) in [5.74, 6) is 1.12. The lowest BCUT2D eigenvalue weighted by molar-refractivity contribution is 0.0875. The molecule has 0 amide bonds. The van der Waals surface area contributed by atoms with Gasteiger partial charge >= 0.3 is 0 Å². The van der Waals surface area contributed by atoms with E-state index in [0.29, 0.717) is 33.8 Å². The number of aromatic nitrogens is 3. The number of ether oxygens (including phenoxy) is 1. The van der Waals surface area contributed by atoms with Crippen LogP contribution in [0.4, 0.5) is 4.39 Å². The molecule has 1 aromatic heterocycles. The summed E-state index contributed by atoms with van der Waals surface area (Å²) < 4.78 is 23.4. The van der Waals surface area contributed by atoms with Crippen LogP contribution in [0.3, 0.4) is 0 Å². The molecule has 4 rings (SSSR count). The highest BCUT2D eigenvalue weighted by Gasteiger charge is 2.38. The van der Waals surface area contributed by atoms with E-state index in [2.05, 4.69) is 27.0 Å². The molecular weight excluding hydrogens is 464 g/mol. The molecule has 0 aliphatic heterocycles. The van der Waals surface area contributed by atoms with Gasteiger partial charge in [0.15, 0.2) is 11.6 Å². The van der Waals surface area contributed by atoms with E-state index >= 15 is 4.39 Å². The number of aryl methyl sites for hydroxylation is 2. The lowest BCUT2D eigenvalue weighted by Crippen LogP contribution is -2.40. The second-order valence-electron chi connectivity index (χ2n) is 8.79. The van der Waals surface area contributed by atoms with Gasteiger partial charge in [0, 0.05) is 34.8 Å². The molecule has 0 radical (unpaired) electrons. The van der Waals surface area contributed by atoms with Crippen LogP contribution in [0, 0.1) is 19.7 Å². The van der Waals surface area contributed by atoms with Crippen LogP contribution in [-0.2, 0) is 6.42 Å². The van der Waals surface area contributed by atoms with E-state index < -0.39 is 11.9 Å². The van der Waals surface area contributed by atoms with Crippen molar-refractivity contribution < 1.29 is 9.13 Å². The molecule has 1 aliphatic carbocycles. The first-order valence-corrected chi connectivity index (χ1v) is 11.6. The maximum absolute atomic E-state index is 15.2. The van der Waals surface area contributed by atoms with Crippen LogP contribution < -0.4 is 4.74 Å². The number of likely N-dealkylation sites (N-methyl/N-ethyl adjacent to an activating group) is 2. The maximum atomic E-state index is 15.2. The molecule has 2 unspecified atom stereocenters. The number of nitrogens with zero attached hydrogens (tertiary/aromatic N) is 5. The van der Waals surface area contributed by atoms with Crippen LogP contribution in [0.5, 0.6) is 5.75 Å². The standard InChI is InChI=1S/C24H28Cl2FN5O/c1-14-28-29-15(2)32(14)17-6-7-23(21(27)12-17)33-24-19-10-16(25)11-20(26)18(19)13-22(24)31(5)9-8-30(3)4/h6-7,10-12,22,24H,8-9,13H2,1-5H3. The van der Waals surface area contributed by atoms with Gasteiger partial charge in [-0.05, 0) is 71.2 Å². The molecule has 0 N–H and O–H groups in total. The predicted molar refractivity (Wildman–Crippen MR) is 129 cm³/mol. The zero-order valence-corrected chi connectivity index (χ0v) is 21.0. The number of benzene rings is 2. The van der Waals surface area contributed by atoms with E-state index in [1.54, 1.807) is 16.7 Å². The van der Waals surface area contributed by atoms with Crippen molar-refractivity contribution >= 4 is 23.2 Å². The molecule has 2 aromatic carbocycles. The minimum Gasteiger partial charge on any atom is -0.481 e. The fourth-order valence-corrected chi connectivity index (χ4v) is 4.96. The predicted octanol–water partition coefficient (Wildman–Crippen LogP) is 4.87. The minimum atomic E-state index is -0.448. The van der Waals surface area contributed by atoms with Crippen molar-refractivity contribution in [2.75, 3.05) is 34.2 Å². The van der Waals surface area contributed by atoms with Crippen molar-refractivity contribution in [3.63, 3.8) is 0 Å². The van der Waals surface area contributed by atoms with E-state index in [-0.39, 0.29) is 11.8 Å². The molecular formula is C24H28Cl2FN5O. The van der Waals surface area contributed by atoms with Crippen LogP contribution in [-0.4, -0.2) is 64.8 Å². The zero-order chi connectivity index (χ0) is 23.9. The minimum absolute atomic E-state index is 0.00247. The van der Waals surface area contributed by atoms with Crippen molar-refractivity contribution in [1.82, 2.24) is 24.6 Å². The molecule has 1 aliphatic rings. The average Bonchev–Trinajstić information content (AvgIpc) is 3.27. The first-order valence-electron chi connectivity index (χ1n) is 10.8. The summed E-state index contributed by atoms with van der Waals surface area (Å²) in [6.45, 7) is 5.40. The number of hydrogen-bond donors (Lipinski definition) is 0. The van der Waals surface area contributed by atoms with Crippen LogP contribution in [0.2, 0.25) is 10.0 Å². The molecule has 9 heteroatoms. The summed E-state index contributed by atoms with van der Waals surface area (Å²) in [7, 11) is 6.14. The Hall–Kier alpha value is -2.19.